The molecular formula is C14H22N2O3S. The van der Waals surface area contributed by atoms with Gasteiger partial charge in [0.2, 0.25) is 0 Å². The lowest BCUT2D eigenvalue weighted by Gasteiger charge is -2.40. The van der Waals surface area contributed by atoms with E-state index < -0.39 is 10.8 Å². The zero-order valence-corrected chi connectivity index (χ0v) is 13.1. The van der Waals surface area contributed by atoms with Crippen LogP contribution in [-0.2, 0) is 10.8 Å². The molecule has 1 saturated heterocycles. The number of aryl methyl sites for hydroxylation is 1. The molecule has 0 unspecified atom stereocenters. The standard InChI is InChI=1S/C14H22N2O3S/c1-11-4-5-12(19-11)13(17)15-10-14(2,3)16-6-8-20(18)9-7-16/h4-5H,6-10H2,1-3H3,(H,15,17). The zero-order valence-electron chi connectivity index (χ0n) is 12.3. The number of hydrogen-bond acceptors (Lipinski definition) is 4. The molecule has 2 rings (SSSR count). The summed E-state index contributed by atoms with van der Waals surface area (Å²) in [6.07, 6.45) is 0. The highest BCUT2D eigenvalue weighted by Gasteiger charge is 2.30. The van der Waals surface area contributed by atoms with Gasteiger partial charge in [0, 0.05) is 47.5 Å². The molecule has 1 aliphatic heterocycles. The summed E-state index contributed by atoms with van der Waals surface area (Å²) in [5, 5.41) is 2.91. The highest BCUT2D eigenvalue weighted by Crippen LogP contribution is 2.16. The van der Waals surface area contributed by atoms with Crippen LogP contribution in [0.4, 0.5) is 0 Å². The van der Waals surface area contributed by atoms with Gasteiger partial charge in [-0.1, -0.05) is 0 Å². The van der Waals surface area contributed by atoms with Crippen molar-refractivity contribution in [2.24, 2.45) is 0 Å². The van der Waals surface area contributed by atoms with E-state index in [0.29, 0.717) is 12.3 Å². The fourth-order valence-corrected chi connectivity index (χ4v) is 3.35. The van der Waals surface area contributed by atoms with Crippen LogP contribution in [0.25, 0.3) is 0 Å². The van der Waals surface area contributed by atoms with Crippen molar-refractivity contribution in [2.75, 3.05) is 31.1 Å². The fourth-order valence-electron chi connectivity index (χ4n) is 2.30. The predicted octanol–water partition coefficient (Wildman–Crippen LogP) is 1.16. The van der Waals surface area contributed by atoms with Crippen molar-refractivity contribution < 1.29 is 13.4 Å². The second kappa shape index (κ2) is 6.10. The second-order valence-electron chi connectivity index (χ2n) is 5.74. The summed E-state index contributed by atoms with van der Waals surface area (Å²) in [5.74, 6) is 2.32. The van der Waals surface area contributed by atoms with E-state index in [-0.39, 0.29) is 11.4 Å². The van der Waals surface area contributed by atoms with Crippen LogP contribution in [-0.4, -0.2) is 51.7 Å². The molecule has 1 aliphatic rings. The van der Waals surface area contributed by atoms with Gasteiger partial charge >= 0.3 is 0 Å². The van der Waals surface area contributed by atoms with Gasteiger partial charge in [0.25, 0.3) is 5.91 Å². The van der Waals surface area contributed by atoms with Gasteiger partial charge in [-0.25, -0.2) is 0 Å². The minimum absolute atomic E-state index is 0.151. The molecule has 0 atom stereocenters. The lowest BCUT2D eigenvalue weighted by Crippen LogP contribution is -2.55. The molecule has 112 valence electrons. The number of furan rings is 1. The number of nitrogens with zero attached hydrogens (tertiary/aromatic N) is 1. The highest BCUT2D eigenvalue weighted by molar-refractivity contribution is 7.85. The molecule has 0 aromatic carbocycles. The Kier molecular flexibility index (Phi) is 4.65. The molecule has 0 spiro atoms. The van der Waals surface area contributed by atoms with E-state index in [1.165, 1.54) is 0 Å². The summed E-state index contributed by atoms with van der Waals surface area (Å²) in [7, 11) is -0.679. The Balaban J connectivity index is 1.88. The van der Waals surface area contributed by atoms with E-state index >= 15 is 0 Å². The molecule has 6 heteroatoms. The van der Waals surface area contributed by atoms with Crippen molar-refractivity contribution >= 4 is 16.7 Å². The average molecular weight is 298 g/mol. The van der Waals surface area contributed by atoms with Crippen LogP contribution in [0.1, 0.15) is 30.2 Å². The van der Waals surface area contributed by atoms with Gasteiger partial charge in [0.1, 0.15) is 5.76 Å². The molecule has 0 radical (unpaired) electrons. The molecule has 0 bridgehead atoms. The largest absolute Gasteiger partial charge is 0.456 e. The van der Waals surface area contributed by atoms with Crippen LogP contribution < -0.4 is 5.32 Å². The number of carbonyl (C=O) groups is 1. The normalized spacial score (nSPS) is 18.1. The van der Waals surface area contributed by atoms with Crippen LogP contribution in [0.2, 0.25) is 0 Å². The van der Waals surface area contributed by atoms with E-state index in [1.54, 1.807) is 12.1 Å². The minimum Gasteiger partial charge on any atom is -0.456 e. The molecule has 5 nitrogen and oxygen atoms in total. The maximum absolute atomic E-state index is 12.0. The quantitative estimate of drug-likeness (QED) is 0.906. The van der Waals surface area contributed by atoms with Crippen molar-refractivity contribution in [3.05, 3.63) is 23.7 Å². The number of hydrogen-bond donors (Lipinski definition) is 1. The Bertz CT molecular complexity index is 500. The lowest BCUT2D eigenvalue weighted by atomic mass is 10.0. The maximum Gasteiger partial charge on any atom is 0.287 e. The van der Waals surface area contributed by atoms with E-state index in [9.17, 15) is 9.00 Å². The minimum atomic E-state index is -0.679. The van der Waals surface area contributed by atoms with Crippen molar-refractivity contribution in [3.8, 4) is 0 Å². The van der Waals surface area contributed by atoms with Gasteiger partial charge in [0.15, 0.2) is 5.76 Å². The second-order valence-corrected chi connectivity index (χ2v) is 7.44. The SMILES string of the molecule is Cc1ccc(C(=O)NCC(C)(C)N2CCS(=O)CC2)o1. The van der Waals surface area contributed by atoms with Crippen LogP contribution in [0.5, 0.6) is 0 Å². The Morgan fingerprint density at radius 1 is 1.40 bits per heavy atom. The average Bonchev–Trinajstić information content (AvgIpc) is 2.83. The first-order valence-corrected chi connectivity index (χ1v) is 8.32. The summed E-state index contributed by atoms with van der Waals surface area (Å²) in [6.45, 7) is 8.17. The smallest absolute Gasteiger partial charge is 0.287 e. The molecule has 1 N–H and O–H groups in total. The van der Waals surface area contributed by atoms with Crippen molar-refractivity contribution in [3.63, 3.8) is 0 Å². The zero-order chi connectivity index (χ0) is 14.8. The highest BCUT2D eigenvalue weighted by atomic mass is 32.2. The van der Waals surface area contributed by atoms with Gasteiger partial charge in [0.05, 0.1) is 0 Å². The Hall–Kier alpha value is -1.14. The molecule has 20 heavy (non-hydrogen) atoms. The Labute approximate surface area is 122 Å². The number of nitrogens with one attached hydrogen (secondary N) is 1. The maximum atomic E-state index is 12.0. The van der Waals surface area contributed by atoms with Crippen molar-refractivity contribution in [1.82, 2.24) is 10.2 Å². The Morgan fingerprint density at radius 2 is 2.05 bits per heavy atom. The van der Waals surface area contributed by atoms with E-state index in [0.717, 1.165) is 30.4 Å². The lowest BCUT2D eigenvalue weighted by molar-refractivity contribution is 0.0856. The Morgan fingerprint density at radius 3 is 2.60 bits per heavy atom. The van der Waals surface area contributed by atoms with Crippen molar-refractivity contribution in [2.45, 2.75) is 26.3 Å². The molecular weight excluding hydrogens is 276 g/mol. The summed E-state index contributed by atoms with van der Waals surface area (Å²) >= 11 is 0. The third kappa shape index (κ3) is 3.70. The van der Waals surface area contributed by atoms with Gasteiger partial charge in [-0.3, -0.25) is 13.9 Å². The molecule has 1 amide bonds. The number of amides is 1. The molecule has 1 fully saturated rings. The van der Waals surface area contributed by atoms with Crippen molar-refractivity contribution in [1.29, 1.82) is 0 Å². The van der Waals surface area contributed by atoms with E-state index in [2.05, 4.69) is 24.1 Å². The number of rotatable bonds is 4. The summed E-state index contributed by atoms with van der Waals surface area (Å²) in [4.78, 5) is 14.2. The molecule has 0 saturated carbocycles. The van der Waals surface area contributed by atoms with Crippen LogP contribution in [0, 0.1) is 6.92 Å². The van der Waals surface area contributed by atoms with Crippen LogP contribution in [0.15, 0.2) is 16.5 Å². The third-order valence-corrected chi connectivity index (χ3v) is 4.96. The first-order valence-electron chi connectivity index (χ1n) is 6.83. The summed E-state index contributed by atoms with van der Waals surface area (Å²) < 4.78 is 16.7. The first-order chi connectivity index (χ1) is 9.38. The monoisotopic (exact) mass is 298 g/mol. The van der Waals surface area contributed by atoms with E-state index in [1.807, 2.05) is 6.92 Å². The topological polar surface area (TPSA) is 62.6 Å². The third-order valence-electron chi connectivity index (χ3n) is 3.68. The van der Waals surface area contributed by atoms with E-state index in [4.69, 9.17) is 4.42 Å². The molecule has 2 heterocycles. The van der Waals surface area contributed by atoms with Crippen LogP contribution >= 0.6 is 0 Å². The van der Waals surface area contributed by atoms with Gasteiger partial charge in [-0.05, 0) is 32.9 Å². The van der Waals surface area contributed by atoms with Gasteiger partial charge in [-0.15, -0.1) is 0 Å². The van der Waals surface area contributed by atoms with Crippen LogP contribution in [0.3, 0.4) is 0 Å². The molecule has 1 aromatic rings. The predicted molar refractivity (Wildman–Crippen MR) is 79.3 cm³/mol. The summed E-state index contributed by atoms with van der Waals surface area (Å²) in [5.41, 5.74) is -0.151. The van der Waals surface area contributed by atoms with Gasteiger partial charge in [-0.2, -0.15) is 0 Å². The van der Waals surface area contributed by atoms with Gasteiger partial charge < -0.3 is 9.73 Å². The molecule has 1 aromatic heterocycles. The summed E-state index contributed by atoms with van der Waals surface area (Å²) in [6, 6.07) is 3.46. The molecule has 0 aliphatic carbocycles. The number of carbonyl (C=O) groups excluding carboxylic acids is 1. The fraction of sp³-hybridized carbons (Fsp3) is 0.643. The first kappa shape index (κ1) is 15.3.